The molecule has 1 aromatic carbocycles. The lowest BCUT2D eigenvalue weighted by Crippen LogP contribution is -2.52. The molecule has 3 N–H and O–H groups in total. The summed E-state index contributed by atoms with van der Waals surface area (Å²) in [5.74, 6) is 0.0920. The van der Waals surface area contributed by atoms with Crippen LogP contribution in [0.5, 0.6) is 0 Å². The molecule has 1 aliphatic heterocycles. The Morgan fingerprint density at radius 2 is 2.04 bits per heavy atom. The highest BCUT2D eigenvalue weighted by molar-refractivity contribution is 9.10. The highest BCUT2D eigenvalue weighted by atomic mass is 79.9. The lowest BCUT2D eigenvalue weighted by Gasteiger charge is -2.29. The summed E-state index contributed by atoms with van der Waals surface area (Å²) < 4.78 is 0.718. The molecule has 3 atom stereocenters. The van der Waals surface area contributed by atoms with E-state index in [-0.39, 0.29) is 23.8 Å². The molecule has 1 fully saturated rings. The zero-order valence-corrected chi connectivity index (χ0v) is 16.0. The SMILES string of the molecule is CC(C)C(NC(=O)c1ccccc1Br)C(=O)N1CC(CN)CC1C. The van der Waals surface area contributed by atoms with Gasteiger partial charge in [-0.1, -0.05) is 26.0 Å². The first-order valence-corrected chi connectivity index (χ1v) is 9.20. The van der Waals surface area contributed by atoms with E-state index in [1.165, 1.54) is 0 Å². The molecule has 24 heavy (non-hydrogen) atoms. The Morgan fingerprint density at radius 1 is 1.38 bits per heavy atom. The van der Waals surface area contributed by atoms with Gasteiger partial charge in [0.15, 0.2) is 0 Å². The molecule has 0 saturated carbocycles. The number of hydrogen-bond donors (Lipinski definition) is 2. The van der Waals surface area contributed by atoms with E-state index in [2.05, 4.69) is 21.2 Å². The van der Waals surface area contributed by atoms with Crippen LogP contribution in [0.3, 0.4) is 0 Å². The summed E-state index contributed by atoms with van der Waals surface area (Å²) in [5, 5.41) is 2.91. The third kappa shape index (κ3) is 4.16. The smallest absolute Gasteiger partial charge is 0.253 e. The van der Waals surface area contributed by atoms with E-state index in [0.717, 1.165) is 10.9 Å². The largest absolute Gasteiger partial charge is 0.340 e. The van der Waals surface area contributed by atoms with Gasteiger partial charge < -0.3 is 16.0 Å². The topological polar surface area (TPSA) is 75.4 Å². The number of amides is 2. The summed E-state index contributed by atoms with van der Waals surface area (Å²) in [6.45, 7) is 7.20. The van der Waals surface area contributed by atoms with Gasteiger partial charge in [-0.3, -0.25) is 9.59 Å². The Labute approximate surface area is 152 Å². The Morgan fingerprint density at radius 3 is 2.58 bits per heavy atom. The Bertz CT molecular complexity index is 606. The minimum Gasteiger partial charge on any atom is -0.340 e. The minimum absolute atomic E-state index is 0.00747. The maximum absolute atomic E-state index is 13.0. The van der Waals surface area contributed by atoms with E-state index >= 15 is 0 Å². The quantitative estimate of drug-likeness (QED) is 0.803. The molecule has 0 radical (unpaired) electrons. The van der Waals surface area contributed by atoms with E-state index in [0.29, 0.717) is 24.6 Å². The van der Waals surface area contributed by atoms with Crippen LogP contribution in [0, 0.1) is 11.8 Å². The van der Waals surface area contributed by atoms with Crippen LogP contribution in [-0.4, -0.2) is 41.9 Å². The first kappa shape index (κ1) is 18.9. The fourth-order valence-electron chi connectivity index (χ4n) is 3.18. The molecule has 3 unspecified atom stereocenters. The van der Waals surface area contributed by atoms with E-state index in [1.807, 2.05) is 37.8 Å². The molecule has 1 aliphatic rings. The minimum atomic E-state index is -0.538. The van der Waals surface area contributed by atoms with Gasteiger partial charge in [0.1, 0.15) is 6.04 Å². The first-order valence-electron chi connectivity index (χ1n) is 8.41. The van der Waals surface area contributed by atoms with Crippen molar-refractivity contribution in [2.24, 2.45) is 17.6 Å². The number of carbonyl (C=O) groups excluding carboxylic acids is 2. The van der Waals surface area contributed by atoms with Crippen molar-refractivity contribution < 1.29 is 9.59 Å². The number of halogens is 1. The van der Waals surface area contributed by atoms with Crippen molar-refractivity contribution in [2.45, 2.75) is 39.3 Å². The second-order valence-electron chi connectivity index (χ2n) is 6.85. The van der Waals surface area contributed by atoms with Crippen molar-refractivity contribution in [1.82, 2.24) is 10.2 Å². The van der Waals surface area contributed by atoms with Crippen molar-refractivity contribution in [3.05, 3.63) is 34.3 Å². The molecule has 1 saturated heterocycles. The number of rotatable bonds is 5. The third-order valence-corrected chi connectivity index (χ3v) is 5.31. The van der Waals surface area contributed by atoms with Gasteiger partial charge in [0, 0.05) is 17.1 Å². The van der Waals surface area contributed by atoms with Crippen LogP contribution < -0.4 is 11.1 Å². The van der Waals surface area contributed by atoms with Gasteiger partial charge in [-0.2, -0.15) is 0 Å². The van der Waals surface area contributed by atoms with Crippen molar-refractivity contribution in [1.29, 1.82) is 0 Å². The molecular weight excluding hydrogens is 370 g/mol. The number of hydrogen-bond acceptors (Lipinski definition) is 3. The Kier molecular flexibility index (Phi) is 6.40. The Hall–Kier alpha value is -1.40. The standard InChI is InChI=1S/C18H26BrN3O2/c1-11(2)16(18(24)22-10-13(9-20)8-12(22)3)21-17(23)14-6-4-5-7-15(14)19/h4-7,11-13,16H,8-10,20H2,1-3H3,(H,21,23). The van der Waals surface area contributed by atoms with Gasteiger partial charge in [-0.25, -0.2) is 0 Å². The maximum Gasteiger partial charge on any atom is 0.253 e. The van der Waals surface area contributed by atoms with Crippen LogP contribution in [0.1, 0.15) is 37.6 Å². The van der Waals surface area contributed by atoms with Crippen LogP contribution in [0.15, 0.2) is 28.7 Å². The van der Waals surface area contributed by atoms with Crippen LogP contribution in [0.25, 0.3) is 0 Å². The number of nitrogens with one attached hydrogen (secondary N) is 1. The second kappa shape index (κ2) is 8.12. The van der Waals surface area contributed by atoms with E-state index in [9.17, 15) is 9.59 Å². The highest BCUT2D eigenvalue weighted by Gasteiger charge is 2.36. The lowest BCUT2D eigenvalue weighted by atomic mass is 10.0. The normalized spacial score (nSPS) is 21.8. The van der Waals surface area contributed by atoms with Gasteiger partial charge >= 0.3 is 0 Å². The number of benzene rings is 1. The average molecular weight is 396 g/mol. The van der Waals surface area contributed by atoms with E-state index in [4.69, 9.17) is 5.73 Å². The molecule has 0 bridgehead atoms. The molecule has 132 valence electrons. The van der Waals surface area contributed by atoms with E-state index in [1.54, 1.807) is 12.1 Å². The zero-order chi connectivity index (χ0) is 17.9. The molecule has 6 heteroatoms. The van der Waals surface area contributed by atoms with Gasteiger partial charge in [0.2, 0.25) is 5.91 Å². The maximum atomic E-state index is 13.0. The highest BCUT2D eigenvalue weighted by Crippen LogP contribution is 2.24. The van der Waals surface area contributed by atoms with Crippen LogP contribution >= 0.6 is 15.9 Å². The molecule has 1 aromatic rings. The predicted molar refractivity (Wildman–Crippen MR) is 98.6 cm³/mol. The molecule has 1 heterocycles. The summed E-state index contributed by atoms with van der Waals surface area (Å²) in [6.07, 6.45) is 0.922. The first-order chi connectivity index (χ1) is 11.3. The lowest BCUT2D eigenvalue weighted by molar-refractivity contribution is -0.135. The number of nitrogens with zero attached hydrogens (tertiary/aromatic N) is 1. The summed E-state index contributed by atoms with van der Waals surface area (Å²) >= 11 is 3.38. The Balaban J connectivity index is 2.13. The summed E-state index contributed by atoms with van der Waals surface area (Å²) in [4.78, 5) is 27.4. The molecule has 2 amide bonds. The van der Waals surface area contributed by atoms with Crippen molar-refractivity contribution >= 4 is 27.7 Å². The van der Waals surface area contributed by atoms with Gasteiger partial charge in [0.25, 0.3) is 5.91 Å². The van der Waals surface area contributed by atoms with Crippen molar-refractivity contribution in [3.63, 3.8) is 0 Å². The molecule has 0 aromatic heterocycles. The summed E-state index contributed by atoms with van der Waals surface area (Å²) in [5.41, 5.74) is 6.29. The number of likely N-dealkylation sites (tertiary alicyclic amines) is 1. The molecular formula is C18H26BrN3O2. The number of nitrogens with two attached hydrogens (primary N) is 1. The summed E-state index contributed by atoms with van der Waals surface area (Å²) in [7, 11) is 0. The van der Waals surface area contributed by atoms with Crippen LogP contribution in [-0.2, 0) is 4.79 Å². The molecule has 5 nitrogen and oxygen atoms in total. The average Bonchev–Trinajstić information content (AvgIpc) is 2.93. The van der Waals surface area contributed by atoms with Crippen LogP contribution in [0.2, 0.25) is 0 Å². The monoisotopic (exact) mass is 395 g/mol. The summed E-state index contributed by atoms with van der Waals surface area (Å²) in [6, 6.07) is 6.83. The fourth-order valence-corrected chi connectivity index (χ4v) is 3.64. The fraction of sp³-hybridized carbons (Fsp3) is 0.556. The third-order valence-electron chi connectivity index (χ3n) is 4.62. The van der Waals surface area contributed by atoms with Crippen molar-refractivity contribution in [2.75, 3.05) is 13.1 Å². The van der Waals surface area contributed by atoms with Gasteiger partial charge in [-0.15, -0.1) is 0 Å². The molecule has 0 aliphatic carbocycles. The van der Waals surface area contributed by atoms with Crippen LogP contribution in [0.4, 0.5) is 0 Å². The van der Waals surface area contributed by atoms with Crippen molar-refractivity contribution in [3.8, 4) is 0 Å². The van der Waals surface area contributed by atoms with E-state index < -0.39 is 6.04 Å². The number of carbonyl (C=O) groups is 2. The van der Waals surface area contributed by atoms with Gasteiger partial charge in [-0.05, 0) is 59.8 Å². The predicted octanol–water partition coefficient (Wildman–Crippen LogP) is 2.40. The molecule has 2 rings (SSSR count). The zero-order valence-electron chi connectivity index (χ0n) is 14.5. The van der Waals surface area contributed by atoms with Gasteiger partial charge in [0.05, 0.1) is 5.56 Å². The second-order valence-corrected chi connectivity index (χ2v) is 7.71. The molecule has 0 spiro atoms.